The predicted molar refractivity (Wildman–Crippen MR) is 81.0 cm³/mol. The lowest BCUT2D eigenvalue weighted by molar-refractivity contribution is 0.0996. The Balaban J connectivity index is 1.91. The van der Waals surface area contributed by atoms with Crippen LogP contribution < -0.4 is 10.5 Å². The fraction of sp³-hybridized carbons (Fsp3) is 0.0625. The molecule has 24 heavy (non-hydrogen) atoms. The fourth-order valence-electron chi connectivity index (χ4n) is 2.22. The van der Waals surface area contributed by atoms with Crippen molar-refractivity contribution in [3.8, 4) is 17.0 Å². The summed E-state index contributed by atoms with van der Waals surface area (Å²) < 4.78 is 32.2. The van der Waals surface area contributed by atoms with Gasteiger partial charge in [0.1, 0.15) is 12.3 Å². The smallest absolute Gasteiger partial charge is 0.271 e. The van der Waals surface area contributed by atoms with Crippen molar-refractivity contribution in [1.29, 1.82) is 0 Å². The quantitative estimate of drug-likeness (QED) is 0.751. The molecule has 0 aliphatic heterocycles. The van der Waals surface area contributed by atoms with E-state index in [0.717, 1.165) is 6.07 Å². The topological polar surface area (TPSA) is 93.9 Å². The van der Waals surface area contributed by atoms with E-state index in [9.17, 15) is 13.6 Å². The van der Waals surface area contributed by atoms with Crippen LogP contribution in [0.15, 0.2) is 42.5 Å². The van der Waals surface area contributed by atoms with Crippen molar-refractivity contribution < 1.29 is 18.3 Å². The molecule has 3 rings (SSSR count). The van der Waals surface area contributed by atoms with Gasteiger partial charge in [-0.25, -0.2) is 4.39 Å². The average Bonchev–Trinajstić information content (AvgIpc) is 3.06. The van der Waals surface area contributed by atoms with Crippen LogP contribution in [0.25, 0.3) is 11.3 Å². The number of amides is 1. The van der Waals surface area contributed by atoms with Gasteiger partial charge in [-0.1, -0.05) is 30.3 Å². The Kier molecular flexibility index (Phi) is 4.19. The highest BCUT2D eigenvalue weighted by Gasteiger charge is 2.18. The van der Waals surface area contributed by atoms with Crippen molar-refractivity contribution in [3.05, 3.63) is 65.4 Å². The number of ether oxygens (including phenoxy) is 1. The summed E-state index contributed by atoms with van der Waals surface area (Å²) >= 11 is 0. The molecule has 0 fully saturated rings. The van der Waals surface area contributed by atoms with Crippen molar-refractivity contribution in [3.63, 3.8) is 0 Å². The van der Waals surface area contributed by atoms with Crippen molar-refractivity contribution in [2.75, 3.05) is 0 Å². The third-order valence-corrected chi connectivity index (χ3v) is 3.35. The van der Waals surface area contributed by atoms with Crippen LogP contribution in [0.1, 0.15) is 16.1 Å². The van der Waals surface area contributed by atoms with Crippen LogP contribution in [-0.4, -0.2) is 21.3 Å². The minimum Gasteiger partial charge on any atom is -0.486 e. The Bertz CT molecular complexity index is 895. The number of carbonyl (C=O) groups excluding carboxylic acids is 1. The molecule has 3 N–H and O–H groups in total. The standard InChI is InChI=1S/C16H12F2N4O2/c17-11-6-3-7-12(13(11)18)24-8-9-4-1-2-5-10(9)14-15(16(19)23)21-22-20-14/h1-7H,8H2,(H2,19,23)(H,20,21,22). The van der Waals surface area contributed by atoms with E-state index in [1.54, 1.807) is 24.3 Å². The number of nitrogens with two attached hydrogens (primary N) is 1. The molecule has 1 heterocycles. The second kappa shape index (κ2) is 6.45. The van der Waals surface area contributed by atoms with Gasteiger partial charge < -0.3 is 10.5 Å². The van der Waals surface area contributed by atoms with Crippen molar-refractivity contribution in [2.45, 2.75) is 6.61 Å². The van der Waals surface area contributed by atoms with Gasteiger partial charge >= 0.3 is 0 Å². The minimum absolute atomic E-state index is 0.0145. The Morgan fingerprint density at radius 3 is 2.71 bits per heavy atom. The molecule has 0 saturated carbocycles. The lowest BCUT2D eigenvalue weighted by Gasteiger charge is -2.11. The summed E-state index contributed by atoms with van der Waals surface area (Å²) in [6.45, 7) is -0.0540. The number of carbonyl (C=O) groups is 1. The monoisotopic (exact) mass is 330 g/mol. The van der Waals surface area contributed by atoms with Crippen LogP contribution in [0, 0.1) is 11.6 Å². The summed E-state index contributed by atoms with van der Waals surface area (Å²) in [5.74, 6) is -2.99. The SMILES string of the molecule is NC(=O)c1n[nH]nc1-c1ccccc1COc1cccc(F)c1F. The van der Waals surface area contributed by atoms with Gasteiger partial charge in [-0.3, -0.25) is 4.79 Å². The Hall–Kier alpha value is -3.29. The highest BCUT2D eigenvalue weighted by atomic mass is 19.2. The molecule has 0 aliphatic carbocycles. The number of primary amides is 1. The maximum atomic E-state index is 13.7. The van der Waals surface area contributed by atoms with Gasteiger partial charge in [0.15, 0.2) is 17.3 Å². The number of hydrogen-bond donors (Lipinski definition) is 2. The molecule has 1 amide bonds. The second-order valence-electron chi connectivity index (χ2n) is 4.88. The van der Waals surface area contributed by atoms with Crippen molar-refractivity contribution in [1.82, 2.24) is 15.4 Å². The molecule has 0 unspecified atom stereocenters. The van der Waals surface area contributed by atoms with Crippen LogP contribution in [0.5, 0.6) is 5.75 Å². The fourth-order valence-corrected chi connectivity index (χ4v) is 2.22. The van der Waals surface area contributed by atoms with Gasteiger partial charge in [0.2, 0.25) is 5.82 Å². The lowest BCUT2D eigenvalue weighted by atomic mass is 10.0. The zero-order valence-corrected chi connectivity index (χ0v) is 12.3. The van der Waals surface area contributed by atoms with E-state index in [-0.39, 0.29) is 23.7 Å². The normalized spacial score (nSPS) is 10.6. The largest absolute Gasteiger partial charge is 0.486 e. The second-order valence-corrected chi connectivity index (χ2v) is 4.88. The maximum absolute atomic E-state index is 13.7. The molecule has 0 radical (unpaired) electrons. The summed E-state index contributed by atoms with van der Waals surface area (Å²) in [6.07, 6.45) is 0. The molecule has 122 valence electrons. The third kappa shape index (κ3) is 2.94. The van der Waals surface area contributed by atoms with E-state index in [0.29, 0.717) is 11.1 Å². The molecule has 2 aromatic carbocycles. The average molecular weight is 330 g/mol. The van der Waals surface area contributed by atoms with Gasteiger partial charge in [-0.05, 0) is 17.7 Å². The van der Waals surface area contributed by atoms with Gasteiger partial charge in [0.25, 0.3) is 5.91 Å². The molecule has 0 atom stereocenters. The zero-order chi connectivity index (χ0) is 17.1. The Labute approximate surface area is 135 Å². The number of nitrogens with one attached hydrogen (secondary N) is 1. The Morgan fingerprint density at radius 1 is 1.12 bits per heavy atom. The molecular weight excluding hydrogens is 318 g/mol. The minimum atomic E-state index is -1.06. The van der Waals surface area contributed by atoms with Gasteiger partial charge in [-0.15, -0.1) is 0 Å². The summed E-state index contributed by atoms with van der Waals surface area (Å²) in [6, 6.07) is 10.6. The Morgan fingerprint density at radius 2 is 1.92 bits per heavy atom. The molecular formula is C16H12F2N4O2. The summed E-state index contributed by atoms with van der Waals surface area (Å²) in [5, 5.41) is 9.99. The molecule has 3 aromatic rings. The predicted octanol–water partition coefficient (Wildman–Crippen LogP) is 2.43. The van der Waals surface area contributed by atoms with E-state index < -0.39 is 17.5 Å². The first-order valence-electron chi connectivity index (χ1n) is 6.93. The third-order valence-electron chi connectivity index (χ3n) is 3.35. The molecule has 8 heteroatoms. The van der Waals surface area contributed by atoms with E-state index in [1.165, 1.54) is 12.1 Å². The number of aromatic amines is 1. The molecule has 0 aliphatic rings. The number of nitrogens with zero attached hydrogens (tertiary/aromatic N) is 2. The number of benzene rings is 2. The number of rotatable bonds is 5. The summed E-state index contributed by atoms with van der Waals surface area (Å²) in [4.78, 5) is 11.4. The first kappa shape index (κ1) is 15.6. The number of hydrogen-bond acceptors (Lipinski definition) is 4. The summed E-state index contributed by atoms with van der Waals surface area (Å²) in [5.41, 5.74) is 6.68. The molecule has 0 spiro atoms. The maximum Gasteiger partial charge on any atom is 0.271 e. The van der Waals surface area contributed by atoms with Crippen LogP contribution in [0.3, 0.4) is 0 Å². The van der Waals surface area contributed by atoms with Crippen LogP contribution in [-0.2, 0) is 6.61 Å². The van der Waals surface area contributed by atoms with E-state index in [2.05, 4.69) is 15.4 Å². The summed E-state index contributed by atoms with van der Waals surface area (Å²) in [7, 11) is 0. The van der Waals surface area contributed by atoms with Crippen LogP contribution in [0.2, 0.25) is 0 Å². The first-order valence-corrected chi connectivity index (χ1v) is 6.93. The zero-order valence-electron chi connectivity index (χ0n) is 12.3. The lowest BCUT2D eigenvalue weighted by Crippen LogP contribution is -2.13. The van der Waals surface area contributed by atoms with Crippen LogP contribution in [0.4, 0.5) is 8.78 Å². The van der Waals surface area contributed by atoms with Crippen molar-refractivity contribution >= 4 is 5.91 Å². The van der Waals surface area contributed by atoms with E-state index in [4.69, 9.17) is 10.5 Å². The van der Waals surface area contributed by atoms with Gasteiger partial charge in [0.05, 0.1) is 0 Å². The van der Waals surface area contributed by atoms with E-state index in [1.807, 2.05) is 0 Å². The highest BCUT2D eigenvalue weighted by Crippen LogP contribution is 2.26. The highest BCUT2D eigenvalue weighted by molar-refractivity contribution is 5.97. The molecule has 0 saturated heterocycles. The first-order chi connectivity index (χ1) is 11.6. The molecule has 6 nitrogen and oxygen atoms in total. The van der Waals surface area contributed by atoms with Crippen LogP contribution >= 0.6 is 0 Å². The van der Waals surface area contributed by atoms with E-state index >= 15 is 0 Å². The van der Waals surface area contributed by atoms with Gasteiger partial charge in [-0.2, -0.15) is 19.8 Å². The number of aromatic nitrogens is 3. The van der Waals surface area contributed by atoms with Crippen molar-refractivity contribution in [2.24, 2.45) is 5.73 Å². The number of halogens is 2. The molecule has 1 aromatic heterocycles. The molecule has 0 bridgehead atoms. The van der Waals surface area contributed by atoms with Gasteiger partial charge in [0, 0.05) is 5.56 Å². The number of H-pyrrole nitrogens is 1.